The highest BCUT2D eigenvalue weighted by Gasteiger charge is 2.48. The van der Waals surface area contributed by atoms with Crippen molar-refractivity contribution in [1.82, 2.24) is 10.2 Å². The van der Waals surface area contributed by atoms with Crippen LogP contribution in [0.1, 0.15) is 55.7 Å². The fourth-order valence-electron chi connectivity index (χ4n) is 5.21. The molecule has 4 rings (SSSR count). The number of benzene rings is 1. The molecule has 1 saturated carbocycles. The molecule has 0 spiro atoms. The zero-order valence-electron chi connectivity index (χ0n) is 18.0. The third-order valence-corrected chi connectivity index (χ3v) is 8.20. The Bertz CT molecular complexity index is 798. The molecule has 0 bridgehead atoms. The summed E-state index contributed by atoms with van der Waals surface area (Å²) >= 11 is 1.71. The summed E-state index contributed by atoms with van der Waals surface area (Å²) in [4.78, 5) is 15.5. The van der Waals surface area contributed by atoms with Crippen molar-refractivity contribution >= 4 is 17.7 Å². The van der Waals surface area contributed by atoms with Gasteiger partial charge in [-0.15, -0.1) is 11.8 Å². The zero-order chi connectivity index (χ0) is 22.1. The number of nitrogens with one attached hydrogen (secondary N) is 1. The van der Waals surface area contributed by atoms with Gasteiger partial charge in [-0.2, -0.15) is 13.2 Å². The molecule has 8 heteroatoms. The second kappa shape index (κ2) is 9.32. The van der Waals surface area contributed by atoms with Crippen molar-refractivity contribution in [3.05, 3.63) is 34.9 Å². The number of amides is 1. The van der Waals surface area contributed by atoms with Crippen LogP contribution < -0.4 is 5.32 Å². The van der Waals surface area contributed by atoms with Crippen LogP contribution in [0.5, 0.6) is 0 Å². The van der Waals surface area contributed by atoms with E-state index in [9.17, 15) is 18.0 Å². The summed E-state index contributed by atoms with van der Waals surface area (Å²) in [6.45, 7) is 4.47. The molecule has 1 saturated heterocycles. The van der Waals surface area contributed by atoms with Crippen molar-refractivity contribution in [2.24, 2.45) is 0 Å². The van der Waals surface area contributed by atoms with Gasteiger partial charge in [0.05, 0.1) is 10.3 Å². The highest BCUT2D eigenvalue weighted by molar-refractivity contribution is 8.01. The van der Waals surface area contributed by atoms with Crippen LogP contribution in [0.4, 0.5) is 13.2 Å². The van der Waals surface area contributed by atoms with Gasteiger partial charge in [0.2, 0.25) is 5.91 Å². The molecule has 2 heterocycles. The van der Waals surface area contributed by atoms with E-state index in [0.717, 1.165) is 62.7 Å². The number of thioether (sulfide) groups is 1. The van der Waals surface area contributed by atoms with Crippen LogP contribution in [0.2, 0.25) is 0 Å². The Kier molecular flexibility index (Phi) is 6.89. The molecule has 1 aliphatic carbocycles. The molecule has 0 aromatic heterocycles. The van der Waals surface area contributed by atoms with E-state index in [1.165, 1.54) is 6.07 Å². The maximum Gasteiger partial charge on any atom is 0.416 e. The Morgan fingerprint density at radius 1 is 1.23 bits per heavy atom. The SMILES string of the molecule is CCS[C@]1(C(=O)N2CCc3ccc(C(F)(F)F)cc3C2)CC[C@@H](NC2CCOCC2)C1. The Balaban J connectivity index is 1.46. The van der Waals surface area contributed by atoms with Gasteiger partial charge in [0.25, 0.3) is 0 Å². The number of carbonyl (C=O) groups excluding carboxylic acids is 1. The largest absolute Gasteiger partial charge is 0.416 e. The van der Waals surface area contributed by atoms with E-state index >= 15 is 0 Å². The molecular formula is C23H31F3N2O2S. The van der Waals surface area contributed by atoms with Gasteiger partial charge < -0.3 is 15.0 Å². The van der Waals surface area contributed by atoms with Crippen molar-refractivity contribution in [2.45, 2.75) is 75.0 Å². The van der Waals surface area contributed by atoms with Gasteiger partial charge in [0.1, 0.15) is 0 Å². The number of carbonyl (C=O) groups is 1. The van der Waals surface area contributed by atoms with Gasteiger partial charge in [0.15, 0.2) is 0 Å². The van der Waals surface area contributed by atoms with Crippen molar-refractivity contribution in [3.63, 3.8) is 0 Å². The van der Waals surface area contributed by atoms with Crippen molar-refractivity contribution < 1.29 is 22.7 Å². The topological polar surface area (TPSA) is 41.6 Å². The molecule has 172 valence electrons. The summed E-state index contributed by atoms with van der Waals surface area (Å²) in [5, 5.41) is 3.74. The fraction of sp³-hybridized carbons (Fsp3) is 0.696. The van der Waals surface area contributed by atoms with Crippen LogP contribution in [0.3, 0.4) is 0 Å². The molecule has 3 aliphatic rings. The van der Waals surface area contributed by atoms with Crippen LogP contribution in [-0.4, -0.2) is 53.1 Å². The lowest BCUT2D eigenvalue weighted by atomic mass is 9.95. The number of hydrogen-bond donors (Lipinski definition) is 1. The summed E-state index contributed by atoms with van der Waals surface area (Å²) in [5.41, 5.74) is 0.903. The van der Waals surface area contributed by atoms with Crippen molar-refractivity contribution in [2.75, 3.05) is 25.5 Å². The van der Waals surface area contributed by atoms with Crippen LogP contribution in [0.25, 0.3) is 0 Å². The van der Waals surface area contributed by atoms with E-state index in [-0.39, 0.29) is 12.5 Å². The van der Waals surface area contributed by atoms with Gasteiger partial charge in [0, 0.05) is 38.4 Å². The highest BCUT2D eigenvalue weighted by atomic mass is 32.2. The summed E-state index contributed by atoms with van der Waals surface area (Å²) < 4.78 is 44.4. The average Bonchev–Trinajstić information content (AvgIpc) is 3.16. The molecular weight excluding hydrogens is 425 g/mol. The third-order valence-electron chi connectivity index (χ3n) is 6.81. The molecule has 2 aliphatic heterocycles. The third kappa shape index (κ3) is 5.06. The summed E-state index contributed by atoms with van der Waals surface area (Å²) in [5.74, 6) is 0.942. The predicted octanol–water partition coefficient (Wildman–Crippen LogP) is 4.40. The molecule has 4 nitrogen and oxygen atoms in total. The summed E-state index contributed by atoms with van der Waals surface area (Å²) in [6, 6.07) is 4.69. The van der Waals surface area contributed by atoms with Gasteiger partial charge in [-0.3, -0.25) is 4.79 Å². The molecule has 2 fully saturated rings. The number of halogens is 3. The van der Waals surface area contributed by atoms with E-state index in [4.69, 9.17) is 4.74 Å². The maximum atomic E-state index is 13.7. The van der Waals surface area contributed by atoms with Crippen LogP contribution in [0.15, 0.2) is 18.2 Å². The quantitative estimate of drug-likeness (QED) is 0.713. The summed E-state index contributed by atoms with van der Waals surface area (Å²) in [7, 11) is 0. The number of alkyl halides is 3. The first-order valence-corrected chi connectivity index (χ1v) is 12.3. The van der Waals surface area contributed by atoms with Gasteiger partial charge >= 0.3 is 6.18 Å². The average molecular weight is 457 g/mol. The monoisotopic (exact) mass is 456 g/mol. The summed E-state index contributed by atoms with van der Waals surface area (Å²) in [6.07, 6.45) is 0.806. The van der Waals surface area contributed by atoms with Crippen LogP contribution in [-0.2, 0) is 28.7 Å². The second-order valence-corrected chi connectivity index (χ2v) is 10.5. The number of nitrogens with zero attached hydrogens (tertiary/aromatic N) is 1. The van der Waals surface area contributed by atoms with E-state index in [0.29, 0.717) is 30.6 Å². The van der Waals surface area contributed by atoms with E-state index in [1.54, 1.807) is 22.7 Å². The number of fused-ring (bicyclic) bond motifs is 1. The van der Waals surface area contributed by atoms with E-state index in [1.807, 2.05) is 0 Å². The Labute approximate surface area is 186 Å². The Hall–Kier alpha value is -1.25. The maximum absolute atomic E-state index is 13.7. The molecule has 1 aromatic rings. The van der Waals surface area contributed by atoms with Crippen LogP contribution in [0, 0.1) is 0 Å². The first-order valence-electron chi connectivity index (χ1n) is 11.3. The first kappa shape index (κ1) is 22.9. The molecule has 1 aromatic carbocycles. The molecule has 31 heavy (non-hydrogen) atoms. The number of ether oxygens (including phenoxy) is 1. The highest BCUT2D eigenvalue weighted by Crippen LogP contribution is 2.44. The zero-order valence-corrected chi connectivity index (χ0v) is 18.8. The fourth-order valence-corrected chi connectivity index (χ4v) is 6.59. The van der Waals surface area contributed by atoms with Gasteiger partial charge in [-0.25, -0.2) is 0 Å². The minimum absolute atomic E-state index is 0.0960. The molecule has 2 atom stereocenters. The van der Waals surface area contributed by atoms with Crippen molar-refractivity contribution in [1.29, 1.82) is 0 Å². The predicted molar refractivity (Wildman–Crippen MR) is 116 cm³/mol. The van der Waals surface area contributed by atoms with E-state index in [2.05, 4.69) is 12.2 Å². The number of hydrogen-bond acceptors (Lipinski definition) is 4. The molecule has 1 amide bonds. The van der Waals surface area contributed by atoms with E-state index < -0.39 is 16.5 Å². The Morgan fingerprint density at radius 2 is 2.00 bits per heavy atom. The lowest BCUT2D eigenvalue weighted by molar-refractivity contribution is -0.137. The molecule has 0 radical (unpaired) electrons. The standard InChI is InChI=1S/C23H31F3N2O2S/c1-2-31-22(9-5-20(14-22)27-19-7-11-30-12-8-19)21(29)28-10-6-16-3-4-18(23(24,25)26)13-17(16)15-28/h3-4,13,19-20,27H,2,5-12,14-15H2,1H3/t20-,22-/m1/s1. The lowest BCUT2D eigenvalue weighted by Gasteiger charge is -2.37. The first-order chi connectivity index (χ1) is 14.8. The minimum Gasteiger partial charge on any atom is -0.381 e. The molecule has 0 unspecified atom stereocenters. The lowest BCUT2D eigenvalue weighted by Crippen LogP contribution is -2.49. The molecule has 1 N–H and O–H groups in total. The van der Waals surface area contributed by atoms with Crippen LogP contribution >= 0.6 is 11.8 Å². The normalized spacial score (nSPS) is 27.4. The minimum atomic E-state index is -4.37. The Morgan fingerprint density at radius 3 is 2.71 bits per heavy atom. The van der Waals surface area contributed by atoms with Gasteiger partial charge in [-0.1, -0.05) is 13.0 Å². The smallest absolute Gasteiger partial charge is 0.381 e. The number of rotatable bonds is 5. The van der Waals surface area contributed by atoms with Crippen molar-refractivity contribution in [3.8, 4) is 0 Å². The van der Waals surface area contributed by atoms with Gasteiger partial charge in [-0.05, 0) is 67.5 Å². The second-order valence-electron chi connectivity index (χ2n) is 8.88.